The second-order valence-electron chi connectivity index (χ2n) is 3.98. The van der Waals surface area contributed by atoms with Crippen LogP contribution in [0.15, 0.2) is 23.1 Å². The van der Waals surface area contributed by atoms with E-state index >= 15 is 0 Å². The molecule has 0 N–H and O–H groups in total. The number of nitrogens with zero attached hydrogens (tertiary/aromatic N) is 3. The summed E-state index contributed by atoms with van der Waals surface area (Å²) < 4.78 is 8.50. The molecule has 0 saturated carbocycles. The van der Waals surface area contributed by atoms with Crippen LogP contribution in [0, 0.1) is 0 Å². The standard InChI is InChI=1S/C11H12BrN3O/c12-10-5-8-6-14-15(9(8)7-13-10)11-3-1-2-4-16-11/h5-7,11H,1-4H2/t11-/m0/s1. The Morgan fingerprint density at radius 1 is 1.38 bits per heavy atom. The van der Waals surface area contributed by atoms with Crippen molar-refractivity contribution in [1.82, 2.24) is 14.8 Å². The molecule has 0 amide bonds. The molecule has 0 aliphatic carbocycles. The van der Waals surface area contributed by atoms with Gasteiger partial charge in [0.1, 0.15) is 4.60 Å². The third-order valence-corrected chi connectivity index (χ3v) is 3.31. The van der Waals surface area contributed by atoms with Gasteiger partial charge in [-0.25, -0.2) is 9.67 Å². The number of ether oxygens (including phenoxy) is 1. The quantitative estimate of drug-likeness (QED) is 0.755. The van der Waals surface area contributed by atoms with Crippen molar-refractivity contribution in [1.29, 1.82) is 0 Å². The van der Waals surface area contributed by atoms with Crippen molar-refractivity contribution >= 4 is 26.8 Å². The number of hydrogen-bond donors (Lipinski definition) is 0. The SMILES string of the molecule is Brc1cc2cnn([C@@H]3CCCCO3)c2cn1. The van der Waals surface area contributed by atoms with Gasteiger partial charge < -0.3 is 4.74 Å². The lowest BCUT2D eigenvalue weighted by Gasteiger charge is -2.23. The molecular formula is C11H12BrN3O. The molecule has 3 rings (SSSR count). The minimum absolute atomic E-state index is 0.0780. The van der Waals surface area contributed by atoms with Gasteiger partial charge in [-0.05, 0) is 41.3 Å². The van der Waals surface area contributed by atoms with Gasteiger partial charge in [-0.3, -0.25) is 0 Å². The second-order valence-corrected chi connectivity index (χ2v) is 4.79. The van der Waals surface area contributed by atoms with E-state index in [0.29, 0.717) is 0 Å². The van der Waals surface area contributed by atoms with E-state index in [9.17, 15) is 0 Å². The van der Waals surface area contributed by atoms with Crippen molar-refractivity contribution < 1.29 is 4.74 Å². The molecule has 2 aromatic rings. The smallest absolute Gasteiger partial charge is 0.150 e. The molecule has 84 valence electrons. The Balaban J connectivity index is 2.03. The highest BCUT2D eigenvalue weighted by atomic mass is 79.9. The van der Waals surface area contributed by atoms with Crippen LogP contribution in [-0.4, -0.2) is 21.4 Å². The first-order valence-electron chi connectivity index (χ1n) is 5.45. The number of hydrogen-bond acceptors (Lipinski definition) is 3. The molecule has 1 fully saturated rings. The highest BCUT2D eigenvalue weighted by Gasteiger charge is 2.18. The summed E-state index contributed by atoms with van der Waals surface area (Å²) in [5.74, 6) is 0. The van der Waals surface area contributed by atoms with E-state index in [1.807, 2.05) is 23.1 Å². The van der Waals surface area contributed by atoms with Crippen LogP contribution < -0.4 is 0 Å². The Kier molecular flexibility index (Phi) is 2.65. The highest BCUT2D eigenvalue weighted by Crippen LogP contribution is 2.26. The van der Waals surface area contributed by atoms with E-state index in [-0.39, 0.29) is 6.23 Å². The Bertz CT molecular complexity index is 505. The van der Waals surface area contributed by atoms with Crippen LogP contribution >= 0.6 is 15.9 Å². The summed E-state index contributed by atoms with van der Waals surface area (Å²) in [4.78, 5) is 4.24. The molecule has 2 aromatic heterocycles. The summed E-state index contributed by atoms with van der Waals surface area (Å²) in [7, 11) is 0. The zero-order valence-corrected chi connectivity index (χ0v) is 10.4. The average Bonchev–Trinajstić information content (AvgIpc) is 2.73. The predicted molar refractivity (Wildman–Crippen MR) is 64.1 cm³/mol. The fraction of sp³-hybridized carbons (Fsp3) is 0.455. The van der Waals surface area contributed by atoms with E-state index < -0.39 is 0 Å². The first kappa shape index (κ1) is 10.2. The fourth-order valence-corrected chi connectivity index (χ4v) is 2.41. The number of aromatic nitrogens is 3. The van der Waals surface area contributed by atoms with E-state index in [0.717, 1.165) is 35.0 Å². The molecule has 1 aliphatic heterocycles. The Hall–Kier alpha value is -0.940. The average molecular weight is 282 g/mol. The summed E-state index contributed by atoms with van der Waals surface area (Å²) in [6, 6.07) is 1.97. The molecule has 1 aliphatic rings. The van der Waals surface area contributed by atoms with Crippen LogP contribution in [0.1, 0.15) is 25.5 Å². The van der Waals surface area contributed by atoms with Crippen LogP contribution in [0.5, 0.6) is 0 Å². The van der Waals surface area contributed by atoms with E-state index in [2.05, 4.69) is 26.0 Å². The second kappa shape index (κ2) is 4.14. The third kappa shape index (κ3) is 1.74. The molecule has 1 saturated heterocycles. The van der Waals surface area contributed by atoms with Gasteiger partial charge in [0.2, 0.25) is 0 Å². The maximum atomic E-state index is 5.72. The van der Waals surface area contributed by atoms with Gasteiger partial charge in [-0.15, -0.1) is 0 Å². The van der Waals surface area contributed by atoms with Gasteiger partial charge in [0.05, 0.1) is 17.9 Å². The van der Waals surface area contributed by atoms with Crippen LogP contribution in [0.2, 0.25) is 0 Å². The van der Waals surface area contributed by atoms with Gasteiger partial charge in [-0.1, -0.05) is 0 Å². The van der Waals surface area contributed by atoms with Crippen LogP contribution in [0.4, 0.5) is 0 Å². The van der Waals surface area contributed by atoms with Crippen molar-refractivity contribution in [3.63, 3.8) is 0 Å². The van der Waals surface area contributed by atoms with Gasteiger partial charge in [0.25, 0.3) is 0 Å². The molecule has 5 heteroatoms. The molecule has 1 atom stereocenters. The van der Waals surface area contributed by atoms with Crippen LogP contribution in [-0.2, 0) is 4.74 Å². The van der Waals surface area contributed by atoms with E-state index in [4.69, 9.17) is 4.74 Å². The summed E-state index contributed by atoms with van der Waals surface area (Å²) in [5, 5.41) is 5.48. The molecular weight excluding hydrogens is 270 g/mol. The summed E-state index contributed by atoms with van der Waals surface area (Å²) in [6.45, 7) is 0.829. The Labute approximate surface area is 102 Å². The Morgan fingerprint density at radius 3 is 3.12 bits per heavy atom. The topological polar surface area (TPSA) is 39.9 Å². The monoisotopic (exact) mass is 281 g/mol. The molecule has 0 aromatic carbocycles. The summed E-state index contributed by atoms with van der Waals surface area (Å²) >= 11 is 3.36. The lowest BCUT2D eigenvalue weighted by atomic mass is 10.2. The third-order valence-electron chi connectivity index (χ3n) is 2.88. The molecule has 0 spiro atoms. The summed E-state index contributed by atoms with van der Waals surface area (Å²) in [6.07, 6.45) is 7.17. The predicted octanol–water partition coefficient (Wildman–Crippen LogP) is 2.89. The molecule has 3 heterocycles. The summed E-state index contributed by atoms with van der Waals surface area (Å²) in [5.41, 5.74) is 1.04. The van der Waals surface area contributed by atoms with Gasteiger partial charge in [0, 0.05) is 12.0 Å². The zero-order valence-electron chi connectivity index (χ0n) is 8.77. The van der Waals surface area contributed by atoms with Gasteiger partial charge in [0.15, 0.2) is 6.23 Å². The zero-order chi connectivity index (χ0) is 11.0. The van der Waals surface area contributed by atoms with E-state index in [1.165, 1.54) is 6.42 Å². The van der Waals surface area contributed by atoms with Crippen LogP contribution in [0.3, 0.4) is 0 Å². The number of pyridine rings is 1. The van der Waals surface area contributed by atoms with Gasteiger partial charge in [-0.2, -0.15) is 5.10 Å². The minimum Gasteiger partial charge on any atom is -0.356 e. The number of halogens is 1. The highest BCUT2D eigenvalue weighted by molar-refractivity contribution is 9.10. The first-order valence-corrected chi connectivity index (χ1v) is 6.24. The lowest BCUT2D eigenvalue weighted by molar-refractivity contribution is -0.0367. The lowest BCUT2D eigenvalue weighted by Crippen LogP contribution is -2.18. The Morgan fingerprint density at radius 2 is 2.31 bits per heavy atom. The van der Waals surface area contributed by atoms with Crippen molar-refractivity contribution in [2.24, 2.45) is 0 Å². The number of rotatable bonds is 1. The van der Waals surface area contributed by atoms with Crippen molar-refractivity contribution in [3.8, 4) is 0 Å². The fourth-order valence-electron chi connectivity index (χ4n) is 2.06. The maximum absolute atomic E-state index is 5.72. The van der Waals surface area contributed by atoms with Gasteiger partial charge >= 0.3 is 0 Å². The van der Waals surface area contributed by atoms with Crippen LogP contribution in [0.25, 0.3) is 10.9 Å². The largest absolute Gasteiger partial charge is 0.356 e. The molecule has 0 radical (unpaired) electrons. The van der Waals surface area contributed by atoms with Crippen molar-refractivity contribution in [2.75, 3.05) is 6.61 Å². The van der Waals surface area contributed by atoms with Crippen molar-refractivity contribution in [2.45, 2.75) is 25.5 Å². The molecule has 0 bridgehead atoms. The molecule has 0 unspecified atom stereocenters. The number of fused-ring (bicyclic) bond motifs is 1. The van der Waals surface area contributed by atoms with Crippen molar-refractivity contribution in [3.05, 3.63) is 23.1 Å². The minimum atomic E-state index is 0.0780. The normalized spacial score (nSPS) is 21.4. The first-order chi connectivity index (χ1) is 7.84. The van der Waals surface area contributed by atoms with E-state index in [1.54, 1.807) is 0 Å². The molecule has 16 heavy (non-hydrogen) atoms. The molecule has 4 nitrogen and oxygen atoms in total. The maximum Gasteiger partial charge on any atom is 0.150 e.